The van der Waals surface area contributed by atoms with Gasteiger partial charge in [-0.2, -0.15) is 0 Å². The normalized spacial score (nSPS) is 11.8. The Morgan fingerprint density at radius 2 is 0.750 bits per heavy atom. The average Bonchev–Trinajstić information content (AvgIpc) is 3.21. The van der Waals surface area contributed by atoms with Gasteiger partial charge in [0, 0.05) is 38.6 Å². The van der Waals surface area contributed by atoms with Crippen LogP contribution in [0.15, 0.2) is 0 Å². The van der Waals surface area contributed by atoms with Crippen molar-refractivity contribution in [1.29, 1.82) is 0 Å². The van der Waals surface area contributed by atoms with E-state index in [-0.39, 0.29) is 43.2 Å². The molecule has 0 aromatic carbocycles. The Balaban J connectivity index is 3.48. The molecule has 0 saturated carbocycles. The Hall–Kier alpha value is -2.57. The smallest absolute Gasteiger partial charge is 0.306 e. The van der Waals surface area contributed by atoms with Crippen LogP contribution in [0.2, 0.25) is 0 Å². The molecule has 0 heterocycles. The van der Waals surface area contributed by atoms with Crippen LogP contribution in [-0.4, -0.2) is 152 Å². The Bertz CT molecular complexity index is 1030. The van der Waals surface area contributed by atoms with Crippen molar-refractivity contribution >= 4 is 29.4 Å². The monoisotopic (exact) mass is 864 g/mol. The molecule has 0 aliphatic rings. The number of rotatable bonds is 50. The van der Waals surface area contributed by atoms with Crippen molar-refractivity contribution in [2.45, 2.75) is 135 Å². The van der Waals surface area contributed by atoms with Crippen LogP contribution in [-0.2, 0) is 61.9 Å². The third-order valence-electron chi connectivity index (χ3n) is 9.41. The van der Waals surface area contributed by atoms with E-state index in [0.29, 0.717) is 125 Å². The lowest BCUT2D eigenvalue weighted by molar-refractivity contribution is -0.144. The summed E-state index contributed by atoms with van der Waals surface area (Å²) in [6.45, 7) is 8.79. The Morgan fingerprint density at radius 1 is 0.417 bits per heavy atom. The third kappa shape index (κ3) is 46.5. The summed E-state index contributed by atoms with van der Waals surface area (Å²) in [5.41, 5.74) is 0. The van der Waals surface area contributed by atoms with Crippen LogP contribution in [0, 0.1) is 5.92 Å². The van der Waals surface area contributed by atoms with Crippen LogP contribution in [0.4, 0.5) is 0 Å². The molecule has 16 heteroatoms. The van der Waals surface area contributed by atoms with Crippen molar-refractivity contribution in [2.24, 2.45) is 5.92 Å². The van der Waals surface area contributed by atoms with E-state index in [0.717, 1.165) is 44.9 Å². The second-order valence-corrected chi connectivity index (χ2v) is 14.9. The lowest BCUT2D eigenvalue weighted by Crippen LogP contribution is -2.29. The van der Waals surface area contributed by atoms with E-state index in [9.17, 15) is 29.1 Å². The number of amides is 1. The van der Waals surface area contributed by atoms with E-state index in [4.69, 9.17) is 43.0 Å². The lowest BCUT2D eigenvalue weighted by atomic mass is 9.94. The number of carboxylic acid groups (broad SMARTS) is 2. The van der Waals surface area contributed by atoms with E-state index < -0.39 is 17.9 Å². The van der Waals surface area contributed by atoms with Gasteiger partial charge < -0.3 is 53.4 Å². The molecule has 0 radical (unpaired) electrons. The zero-order valence-electron chi connectivity index (χ0n) is 36.9. The van der Waals surface area contributed by atoms with Crippen molar-refractivity contribution in [3.63, 3.8) is 0 Å². The molecule has 3 N–H and O–H groups in total. The first-order valence-corrected chi connectivity index (χ1v) is 22.6. The predicted molar refractivity (Wildman–Crippen MR) is 226 cm³/mol. The number of carbonyl (C=O) groups is 5. The zero-order chi connectivity index (χ0) is 44.0. The summed E-state index contributed by atoms with van der Waals surface area (Å²) in [6, 6.07) is 0. The van der Waals surface area contributed by atoms with Crippen LogP contribution in [0.1, 0.15) is 135 Å². The molecule has 0 aromatic rings. The van der Waals surface area contributed by atoms with Gasteiger partial charge in [0.05, 0.1) is 112 Å². The minimum absolute atomic E-state index is 0.0391. The van der Waals surface area contributed by atoms with Crippen LogP contribution in [0.5, 0.6) is 0 Å². The number of aliphatic carboxylic acids is 2. The van der Waals surface area contributed by atoms with E-state index in [1.165, 1.54) is 51.9 Å². The van der Waals surface area contributed by atoms with Gasteiger partial charge in [-0.25, -0.2) is 0 Å². The summed E-state index contributed by atoms with van der Waals surface area (Å²) in [5.74, 6) is -2.82. The molecule has 0 aliphatic heterocycles. The van der Waals surface area contributed by atoms with E-state index in [1.54, 1.807) is 0 Å². The quantitative estimate of drug-likeness (QED) is 0.0601. The highest BCUT2D eigenvalue weighted by atomic mass is 16.6. The molecule has 0 bridgehead atoms. The zero-order valence-corrected chi connectivity index (χ0v) is 36.9. The third-order valence-corrected chi connectivity index (χ3v) is 9.41. The molecule has 352 valence electrons. The highest BCUT2D eigenvalue weighted by molar-refractivity contribution is 5.84. The Morgan fingerprint density at radius 3 is 1.10 bits per heavy atom. The van der Waals surface area contributed by atoms with Gasteiger partial charge in [0.2, 0.25) is 5.91 Å². The predicted octanol–water partition coefficient (Wildman–Crippen LogP) is 5.98. The molecule has 0 saturated heterocycles. The molecule has 0 aliphatic carbocycles. The summed E-state index contributed by atoms with van der Waals surface area (Å²) in [7, 11) is 0. The molecule has 0 spiro atoms. The molecule has 60 heavy (non-hydrogen) atoms. The Labute approximate surface area is 359 Å². The highest BCUT2D eigenvalue weighted by Gasteiger charge is 2.22. The minimum atomic E-state index is -1.05. The van der Waals surface area contributed by atoms with Gasteiger partial charge in [0.15, 0.2) is 0 Å². The van der Waals surface area contributed by atoms with E-state index >= 15 is 0 Å². The maximum absolute atomic E-state index is 12.4. The molecule has 1 atom stereocenters. The van der Waals surface area contributed by atoms with Crippen molar-refractivity contribution in [3.8, 4) is 0 Å². The van der Waals surface area contributed by atoms with Gasteiger partial charge in [-0.1, -0.05) is 77.0 Å². The first kappa shape index (κ1) is 57.4. The Kier molecular flexibility index (Phi) is 44.0. The van der Waals surface area contributed by atoms with Crippen molar-refractivity contribution < 1.29 is 72.1 Å². The second kappa shape index (κ2) is 45.9. The molecular formula is C44H81NO15. The average molecular weight is 864 g/mol. The number of Topliss-reactive ketones (excluding diaryl/α,β-unsaturated/α-hetero) is 2. The first-order valence-electron chi connectivity index (χ1n) is 22.6. The van der Waals surface area contributed by atoms with Gasteiger partial charge in [0.1, 0.15) is 11.6 Å². The maximum Gasteiger partial charge on any atom is 0.306 e. The van der Waals surface area contributed by atoms with Crippen LogP contribution in [0.3, 0.4) is 0 Å². The van der Waals surface area contributed by atoms with Crippen LogP contribution < -0.4 is 5.32 Å². The lowest BCUT2D eigenvalue weighted by Gasteiger charge is -2.12. The standard InChI is InChI=1S/C44H81NO15/c1-39(46)20-22-53-24-26-55-28-30-57-32-34-59-36-37-60-35-33-58-31-29-56-27-25-54-23-21-45-42(48)19-18-40(44(51)52)38-41(47)16-14-12-10-8-6-4-2-3-5-7-9-11-13-15-17-43(49)50/h40H,2-38H2,1H3,(H,45,48)(H,49,50)(H,51,52). The fourth-order valence-corrected chi connectivity index (χ4v) is 5.92. The van der Waals surface area contributed by atoms with Gasteiger partial charge in [-0.15, -0.1) is 0 Å². The van der Waals surface area contributed by atoms with Crippen molar-refractivity contribution in [3.05, 3.63) is 0 Å². The molecule has 1 unspecified atom stereocenters. The van der Waals surface area contributed by atoms with E-state index in [2.05, 4.69) is 5.32 Å². The second-order valence-electron chi connectivity index (χ2n) is 14.9. The number of carboxylic acids is 2. The summed E-state index contributed by atoms with van der Waals surface area (Å²) >= 11 is 0. The van der Waals surface area contributed by atoms with Crippen molar-refractivity contribution in [2.75, 3.05) is 112 Å². The fourth-order valence-electron chi connectivity index (χ4n) is 5.92. The SMILES string of the molecule is CC(=O)CCOCCOCCOCCOCCOCCOCCOCCOCCNC(=O)CCC(CC(=O)CCCCCCCCCCCCCCCCC(=O)O)C(=O)O. The molecule has 0 rings (SSSR count). The topological polar surface area (TPSA) is 212 Å². The van der Waals surface area contributed by atoms with Crippen LogP contribution >= 0.6 is 0 Å². The van der Waals surface area contributed by atoms with Gasteiger partial charge in [-0.3, -0.25) is 24.0 Å². The summed E-state index contributed by atoms with van der Waals surface area (Å²) in [4.78, 5) is 57.7. The van der Waals surface area contributed by atoms with E-state index in [1.807, 2.05) is 0 Å². The van der Waals surface area contributed by atoms with Crippen LogP contribution in [0.25, 0.3) is 0 Å². The number of hydrogen-bond acceptors (Lipinski definition) is 13. The number of nitrogens with one attached hydrogen (secondary N) is 1. The number of ether oxygens (including phenoxy) is 8. The minimum Gasteiger partial charge on any atom is -0.481 e. The molecule has 0 aromatic heterocycles. The largest absolute Gasteiger partial charge is 0.481 e. The molecule has 16 nitrogen and oxygen atoms in total. The molecule has 1 amide bonds. The number of hydrogen-bond donors (Lipinski definition) is 3. The fraction of sp³-hybridized carbons (Fsp3) is 0.886. The summed E-state index contributed by atoms with van der Waals surface area (Å²) in [5, 5.41) is 21.0. The summed E-state index contributed by atoms with van der Waals surface area (Å²) < 4.78 is 43.4. The number of unbranched alkanes of at least 4 members (excludes halogenated alkanes) is 13. The highest BCUT2D eigenvalue weighted by Crippen LogP contribution is 2.17. The first-order chi connectivity index (χ1) is 29.2. The van der Waals surface area contributed by atoms with Gasteiger partial charge >= 0.3 is 11.9 Å². The van der Waals surface area contributed by atoms with Crippen molar-refractivity contribution in [1.82, 2.24) is 5.32 Å². The van der Waals surface area contributed by atoms with Gasteiger partial charge in [0.25, 0.3) is 0 Å². The van der Waals surface area contributed by atoms with Gasteiger partial charge in [-0.05, 0) is 26.2 Å². The molecule has 0 fully saturated rings. The summed E-state index contributed by atoms with van der Waals surface area (Å²) in [6.07, 6.45) is 16.7. The number of ketones is 2. The molecular weight excluding hydrogens is 782 g/mol. The number of carbonyl (C=O) groups excluding carboxylic acids is 3. The maximum atomic E-state index is 12.4.